The van der Waals surface area contributed by atoms with Crippen molar-refractivity contribution in [3.8, 4) is 11.4 Å². The van der Waals surface area contributed by atoms with Crippen molar-refractivity contribution in [2.24, 2.45) is 5.10 Å². The molecule has 1 aliphatic rings. The number of ether oxygens (including phenoxy) is 1. The Balaban J connectivity index is 1.22. The van der Waals surface area contributed by atoms with Gasteiger partial charge in [0.1, 0.15) is 5.75 Å². The van der Waals surface area contributed by atoms with Gasteiger partial charge in [0.2, 0.25) is 0 Å². The summed E-state index contributed by atoms with van der Waals surface area (Å²) >= 11 is 2.90. The number of nitrogens with one attached hydrogen (secondary N) is 1. The van der Waals surface area contributed by atoms with Gasteiger partial charge < -0.3 is 10.1 Å². The second-order valence-corrected chi connectivity index (χ2v) is 11.6. The number of nitrogens with zero attached hydrogens (tertiary/aromatic N) is 5. The number of hydrazone groups is 1. The molecule has 6 rings (SSSR count). The van der Waals surface area contributed by atoms with Crippen molar-refractivity contribution in [2.45, 2.75) is 24.2 Å². The fraction of sp³-hybridized carbons (Fsp3) is 0.156. The zero-order valence-corrected chi connectivity index (χ0v) is 24.9. The van der Waals surface area contributed by atoms with Gasteiger partial charge in [-0.05, 0) is 53.4 Å². The van der Waals surface area contributed by atoms with Crippen LogP contribution in [0.15, 0.2) is 113 Å². The van der Waals surface area contributed by atoms with Crippen molar-refractivity contribution in [1.82, 2.24) is 25.1 Å². The quantitative estimate of drug-likeness (QED) is 0.203. The SMILES string of the molecule is COc1ccc([C@@H]2CC(c3cccs3)=NN2C(=O)CSc2nnc(CNC(=O)c3ccccc3)n2-c2ccccc2)cc1. The van der Waals surface area contributed by atoms with Gasteiger partial charge in [-0.15, -0.1) is 21.5 Å². The molecule has 2 aromatic heterocycles. The molecule has 0 bridgehead atoms. The standard InChI is InChI=1S/C32H28N6O3S2/c1-41-25-16-14-22(15-17-25)27-19-26(28-13-8-18-42-28)36-38(27)30(39)21-43-32-35-34-29(37(32)24-11-6-3-7-12-24)20-33-31(40)23-9-4-2-5-10-23/h2-18,27H,19-21H2,1H3,(H,33,40)/t27-/m0/s1. The Labute approximate surface area is 257 Å². The normalized spacial score (nSPS) is 14.4. The Bertz CT molecular complexity index is 1720. The monoisotopic (exact) mass is 608 g/mol. The predicted octanol–water partition coefficient (Wildman–Crippen LogP) is 5.74. The minimum absolute atomic E-state index is 0.106. The fourth-order valence-corrected chi connectivity index (χ4v) is 6.35. The molecule has 0 unspecified atom stereocenters. The van der Waals surface area contributed by atoms with Crippen molar-refractivity contribution in [3.63, 3.8) is 0 Å². The number of thioether (sulfide) groups is 1. The summed E-state index contributed by atoms with van der Waals surface area (Å²) in [5.74, 6) is 1.07. The second kappa shape index (κ2) is 13.1. The van der Waals surface area contributed by atoms with E-state index in [2.05, 4.69) is 15.5 Å². The molecule has 9 nitrogen and oxygen atoms in total. The first-order valence-corrected chi connectivity index (χ1v) is 15.5. The van der Waals surface area contributed by atoms with Crippen molar-refractivity contribution < 1.29 is 14.3 Å². The van der Waals surface area contributed by atoms with Gasteiger partial charge in [-0.1, -0.05) is 66.4 Å². The number of carbonyl (C=O) groups is 2. The van der Waals surface area contributed by atoms with Gasteiger partial charge in [0, 0.05) is 17.7 Å². The number of hydrogen-bond donors (Lipinski definition) is 1. The fourth-order valence-electron chi connectivity index (χ4n) is 4.81. The summed E-state index contributed by atoms with van der Waals surface area (Å²) in [6, 6.07) is 30.2. The molecule has 0 fully saturated rings. The van der Waals surface area contributed by atoms with E-state index < -0.39 is 0 Å². The minimum Gasteiger partial charge on any atom is -0.497 e. The lowest BCUT2D eigenvalue weighted by molar-refractivity contribution is -0.130. The Morgan fingerprint density at radius 1 is 0.953 bits per heavy atom. The summed E-state index contributed by atoms with van der Waals surface area (Å²) in [5.41, 5.74) is 3.27. The van der Waals surface area contributed by atoms with Gasteiger partial charge >= 0.3 is 0 Å². The smallest absolute Gasteiger partial charge is 0.253 e. The molecule has 1 aliphatic heterocycles. The van der Waals surface area contributed by atoms with Crippen LogP contribution in [0.5, 0.6) is 5.75 Å². The summed E-state index contributed by atoms with van der Waals surface area (Å²) in [6.07, 6.45) is 0.620. The first-order valence-electron chi connectivity index (χ1n) is 13.6. The summed E-state index contributed by atoms with van der Waals surface area (Å²) < 4.78 is 7.20. The molecule has 0 aliphatic carbocycles. The first-order chi connectivity index (χ1) is 21.1. The van der Waals surface area contributed by atoms with Gasteiger partial charge in [-0.2, -0.15) is 5.10 Å². The van der Waals surface area contributed by atoms with E-state index in [0.29, 0.717) is 23.0 Å². The number of thiophene rings is 1. The average molecular weight is 609 g/mol. The molecule has 0 spiro atoms. The maximum atomic E-state index is 13.7. The lowest BCUT2D eigenvalue weighted by Gasteiger charge is -2.22. The van der Waals surface area contributed by atoms with Crippen LogP contribution < -0.4 is 10.1 Å². The van der Waals surface area contributed by atoms with Crippen molar-refractivity contribution in [1.29, 1.82) is 0 Å². The third-order valence-corrected chi connectivity index (χ3v) is 8.79. The molecule has 0 radical (unpaired) electrons. The number of benzene rings is 3. The molecule has 2 amide bonds. The number of rotatable bonds is 10. The third-order valence-electron chi connectivity index (χ3n) is 6.95. The van der Waals surface area contributed by atoms with E-state index in [1.54, 1.807) is 35.6 Å². The second-order valence-electron chi connectivity index (χ2n) is 9.66. The molecule has 1 N–H and O–H groups in total. The summed E-state index contributed by atoms with van der Waals surface area (Å²) in [7, 11) is 1.63. The lowest BCUT2D eigenvalue weighted by Crippen LogP contribution is -2.28. The lowest BCUT2D eigenvalue weighted by atomic mass is 10.0. The Kier molecular flexibility index (Phi) is 8.62. The van der Waals surface area contributed by atoms with Crippen LogP contribution in [-0.2, 0) is 11.3 Å². The topological polar surface area (TPSA) is 102 Å². The molecule has 0 saturated carbocycles. The van der Waals surface area contributed by atoms with E-state index in [-0.39, 0.29) is 30.2 Å². The van der Waals surface area contributed by atoms with Gasteiger partial charge in [0.25, 0.3) is 11.8 Å². The highest BCUT2D eigenvalue weighted by atomic mass is 32.2. The van der Waals surface area contributed by atoms with Gasteiger partial charge in [-0.25, -0.2) is 5.01 Å². The molecular weight excluding hydrogens is 581 g/mol. The number of aromatic nitrogens is 3. The number of amides is 2. The number of methoxy groups -OCH3 is 1. The van der Waals surface area contributed by atoms with Crippen LogP contribution in [0, 0.1) is 0 Å². The Hall–Kier alpha value is -4.74. The number of para-hydroxylation sites is 1. The Morgan fingerprint density at radius 3 is 2.40 bits per heavy atom. The minimum atomic E-state index is -0.230. The zero-order chi connectivity index (χ0) is 29.6. The maximum Gasteiger partial charge on any atom is 0.253 e. The molecule has 3 heterocycles. The maximum absolute atomic E-state index is 13.7. The zero-order valence-electron chi connectivity index (χ0n) is 23.3. The molecule has 11 heteroatoms. The number of carbonyl (C=O) groups excluding carboxylic acids is 2. The highest BCUT2D eigenvalue weighted by molar-refractivity contribution is 7.99. The average Bonchev–Trinajstić information content (AvgIpc) is 3.84. The Morgan fingerprint density at radius 2 is 1.70 bits per heavy atom. The van der Waals surface area contributed by atoms with E-state index in [0.717, 1.165) is 27.6 Å². The van der Waals surface area contributed by atoms with E-state index in [1.807, 2.05) is 94.9 Å². The highest BCUT2D eigenvalue weighted by Crippen LogP contribution is 2.35. The van der Waals surface area contributed by atoms with E-state index in [9.17, 15) is 9.59 Å². The summed E-state index contributed by atoms with van der Waals surface area (Å²) in [4.78, 5) is 27.5. The summed E-state index contributed by atoms with van der Waals surface area (Å²) in [6.45, 7) is 0.171. The van der Waals surface area contributed by atoms with Crippen molar-refractivity contribution >= 4 is 40.6 Å². The van der Waals surface area contributed by atoms with Crippen LogP contribution >= 0.6 is 23.1 Å². The third kappa shape index (κ3) is 6.37. The first kappa shape index (κ1) is 28.4. The molecule has 1 atom stereocenters. The number of hydrogen-bond acceptors (Lipinski definition) is 8. The molecule has 216 valence electrons. The van der Waals surface area contributed by atoms with E-state index >= 15 is 0 Å². The molecular formula is C32H28N6O3S2. The molecule has 3 aromatic carbocycles. The van der Waals surface area contributed by atoms with Gasteiger partial charge in [-0.3, -0.25) is 14.2 Å². The van der Waals surface area contributed by atoms with Gasteiger partial charge in [0.05, 0.1) is 36.0 Å². The highest BCUT2D eigenvalue weighted by Gasteiger charge is 2.33. The predicted molar refractivity (Wildman–Crippen MR) is 168 cm³/mol. The van der Waals surface area contributed by atoms with Crippen LogP contribution in [0.1, 0.15) is 39.1 Å². The van der Waals surface area contributed by atoms with Crippen molar-refractivity contribution in [3.05, 3.63) is 124 Å². The van der Waals surface area contributed by atoms with Gasteiger partial charge in [0.15, 0.2) is 11.0 Å². The van der Waals surface area contributed by atoms with Crippen LogP contribution in [-0.4, -0.2) is 50.2 Å². The molecule has 0 saturated heterocycles. The molecule has 5 aromatic rings. The van der Waals surface area contributed by atoms with E-state index in [4.69, 9.17) is 9.84 Å². The largest absolute Gasteiger partial charge is 0.497 e. The van der Waals surface area contributed by atoms with Crippen LogP contribution in [0.4, 0.5) is 0 Å². The van der Waals surface area contributed by atoms with Crippen LogP contribution in [0.25, 0.3) is 5.69 Å². The van der Waals surface area contributed by atoms with E-state index in [1.165, 1.54) is 11.8 Å². The van der Waals surface area contributed by atoms with Crippen LogP contribution in [0.2, 0.25) is 0 Å². The summed E-state index contributed by atoms with van der Waals surface area (Å²) in [5, 5.41) is 20.6. The van der Waals surface area contributed by atoms with Crippen molar-refractivity contribution in [2.75, 3.05) is 12.9 Å². The molecule has 43 heavy (non-hydrogen) atoms. The van der Waals surface area contributed by atoms with Crippen LogP contribution in [0.3, 0.4) is 0 Å².